The van der Waals surface area contributed by atoms with Crippen LogP contribution in [-0.4, -0.2) is 49.0 Å². The van der Waals surface area contributed by atoms with Crippen LogP contribution in [0.1, 0.15) is 0 Å². The van der Waals surface area contributed by atoms with Crippen molar-refractivity contribution in [2.45, 2.75) is 0 Å². The standard InChI is InChI=1S/C130H74N10O/c1-5-30-89-87(28-1)95-54-48-78(76-25-21-24-75(62-76)77-49-55-96-100-58-52-83(139-118-44-17-13-36-101(118)102-37-14-18-45-119(102)139)69-113(100)91-32-7-3-27-86(91)85-26-2-6-31-90(85)109(96)63-77)64-112(95)116-68-82(72-134-127(116)126-106(89)42-22-61-132-126)81-67-115-92-33-8-4-29-88(92)99-59-53-84(70-114(99)94-35-10-12-40-105(94)125(115)133-71-81)140-120-46-19-15-41-108(120)122-123(136-74-137-129(122)140)79-50-56-98-97-57-51-80(128-135-73-117-103-38-16-20-47-121(103)141-130(117)138-128)66-110(97)93-34-9-11-39-104(93)124-107(111(98)65-79)43-23-60-131-124/h1-74H. The maximum atomic E-state index is 6.30. The molecule has 9 aromatic heterocycles. The SMILES string of the molecule is c1cc(-c2ccc3c(c2)-c2ccccc2-c2ccccc2-c2cc(-n4c5ccccc5c5ccccc54)ccc2-3)cc(-c2ccc3c(c2)-c2cc(-c4cnc5c(c4)-c4ccccc4-c4ccc(-n6c7ccccc7c7c(-c8ccc9c(c8)-c8cccnc8-c8ccccc8-c8cc(-c%10ncc%11c(n%10)oc%10ccccc%10%11)ccc8-9)ncnc76)cc4-c4ccccc4-5)cnc2-c2ncccc2-c2ccccc2-3)c1. The highest BCUT2D eigenvalue weighted by molar-refractivity contribution is 6.17. The van der Waals surface area contributed by atoms with Gasteiger partial charge in [0.1, 0.15) is 17.6 Å². The van der Waals surface area contributed by atoms with Crippen molar-refractivity contribution in [3.8, 4) is 246 Å². The third-order valence-corrected chi connectivity index (χ3v) is 29.6. The summed E-state index contributed by atoms with van der Waals surface area (Å²) in [6.07, 6.45) is 11.5. The van der Waals surface area contributed by atoms with E-state index >= 15 is 0 Å². The van der Waals surface area contributed by atoms with Gasteiger partial charge in [0.05, 0.1) is 55.8 Å². The van der Waals surface area contributed by atoms with Crippen molar-refractivity contribution < 1.29 is 4.42 Å². The largest absolute Gasteiger partial charge is 0.438 e. The first kappa shape index (κ1) is 78.2. The van der Waals surface area contributed by atoms with Crippen molar-refractivity contribution in [1.82, 2.24) is 49.0 Å². The van der Waals surface area contributed by atoms with Crippen LogP contribution in [0.3, 0.4) is 0 Å². The molecule has 0 spiro atoms. The van der Waals surface area contributed by atoms with E-state index in [1.807, 2.05) is 67.4 Å². The fourth-order valence-electron chi connectivity index (χ4n) is 23.3. The van der Waals surface area contributed by atoms with Crippen molar-refractivity contribution in [3.63, 3.8) is 0 Å². The molecule has 141 heavy (non-hydrogen) atoms. The monoisotopic (exact) mass is 1790 g/mol. The van der Waals surface area contributed by atoms with E-state index in [-0.39, 0.29) is 0 Å². The summed E-state index contributed by atoms with van der Waals surface area (Å²) in [5.74, 6) is 0.582. The van der Waals surface area contributed by atoms with E-state index in [4.69, 9.17) is 44.3 Å². The molecule has 0 radical (unpaired) electrons. The molecule has 9 heterocycles. The fourth-order valence-corrected chi connectivity index (χ4v) is 23.3. The Hall–Kier alpha value is -19.1. The van der Waals surface area contributed by atoms with E-state index < -0.39 is 0 Å². The van der Waals surface area contributed by atoms with Gasteiger partial charge in [-0.3, -0.25) is 24.5 Å². The summed E-state index contributed by atoms with van der Waals surface area (Å²) in [7, 11) is 0. The topological polar surface area (TPSA) is 126 Å². The lowest BCUT2D eigenvalue weighted by Crippen LogP contribution is -2.02. The van der Waals surface area contributed by atoms with Gasteiger partial charge in [0.2, 0.25) is 5.71 Å². The van der Waals surface area contributed by atoms with Gasteiger partial charge >= 0.3 is 0 Å². The van der Waals surface area contributed by atoms with Crippen molar-refractivity contribution >= 4 is 65.8 Å². The molecular weight excluding hydrogens is 1720 g/mol. The molecule has 0 N–H and O–H groups in total. The van der Waals surface area contributed by atoms with Crippen molar-refractivity contribution in [2.24, 2.45) is 0 Å². The smallest absolute Gasteiger partial charge is 0.230 e. The number of para-hydroxylation sites is 4. The zero-order valence-corrected chi connectivity index (χ0v) is 75.6. The van der Waals surface area contributed by atoms with Gasteiger partial charge in [-0.05, 0) is 248 Å². The molecular formula is C130H74N10O. The maximum absolute atomic E-state index is 6.30. The number of nitrogens with zero attached hydrogens (tertiary/aromatic N) is 10. The number of fused-ring (bicyclic) bond motifs is 41. The number of hydrogen-bond acceptors (Lipinski definition) is 9. The molecule has 0 bridgehead atoms. The highest BCUT2D eigenvalue weighted by Crippen LogP contribution is 2.57. The third-order valence-electron chi connectivity index (χ3n) is 29.6. The quantitative estimate of drug-likeness (QED) is 0.153. The molecule has 11 nitrogen and oxygen atoms in total. The molecule has 0 amide bonds. The van der Waals surface area contributed by atoms with E-state index in [1.54, 1.807) is 6.33 Å². The molecule has 0 aliphatic heterocycles. The van der Waals surface area contributed by atoms with Gasteiger partial charge in [-0.15, -0.1) is 0 Å². The molecule has 17 aromatic carbocycles. The Bertz CT molecular complexity index is 9880. The van der Waals surface area contributed by atoms with Crippen molar-refractivity contribution in [3.05, 3.63) is 450 Å². The zero-order chi connectivity index (χ0) is 92.2. The summed E-state index contributed by atoms with van der Waals surface area (Å²) in [4.78, 5) is 42.2. The summed E-state index contributed by atoms with van der Waals surface area (Å²) < 4.78 is 11.0. The highest BCUT2D eigenvalue weighted by Gasteiger charge is 2.33. The van der Waals surface area contributed by atoms with E-state index in [1.165, 1.54) is 66.3 Å². The molecule has 11 heteroatoms. The average molecular weight is 1790 g/mol. The molecule has 0 fully saturated rings. The van der Waals surface area contributed by atoms with Crippen LogP contribution in [0.4, 0.5) is 0 Å². The van der Waals surface area contributed by atoms with Crippen LogP contribution < -0.4 is 0 Å². The van der Waals surface area contributed by atoms with Gasteiger partial charge < -0.3 is 8.98 Å². The Balaban J connectivity index is 0.520. The predicted molar refractivity (Wildman–Crippen MR) is 573 cm³/mol. The lowest BCUT2D eigenvalue weighted by atomic mass is 9.80. The van der Waals surface area contributed by atoms with Crippen LogP contribution in [0.5, 0.6) is 0 Å². The maximum Gasteiger partial charge on any atom is 0.230 e. The van der Waals surface area contributed by atoms with Gasteiger partial charge in [-0.1, -0.05) is 309 Å². The van der Waals surface area contributed by atoms with Crippen molar-refractivity contribution in [1.29, 1.82) is 0 Å². The minimum atomic E-state index is 0.553. The predicted octanol–water partition coefficient (Wildman–Crippen LogP) is 33.2. The average Bonchev–Trinajstić information content (AvgIpc) is 1.15. The van der Waals surface area contributed by atoms with Crippen LogP contribution in [-0.2, 0) is 0 Å². The van der Waals surface area contributed by atoms with Crippen LogP contribution in [0.2, 0.25) is 0 Å². The molecule has 4 aliphatic carbocycles. The second-order valence-corrected chi connectivity index (χ2v) is 37.0. The molecule has 0 unspecified atom stereocenters. The minimum absolute atomic E-state index is 0.553. The number of hydrogen-bond donors (Lipinski definition) is 0. The zero-order valence-electron chi connectivity index (χ0n) is 75.6. The minimum Gasteiger partial charge on any atom is -0.438 e. The van der Waals surface area contributed by atoms with E-state index in [0.29, 0.717) is 11.5 Å². The van der Waals surface area contributed by atoms with Crippen LogP contribution >= 0.6 is 0 Å². The summed E-state index contributed by atoms with van der Waals surface area (Å²) in [6.45, 7) is 0. The second kappa shape index (κ2) is 30.7. The molecule has 0 saturated heterocycles. The van der Waals surface area contributed by atoms with E-state index in [0.717, 1.165) is 234 Å². The number of furan rings is 1. The first-order valence-electron chi connectivity index (χ1n) is 47.8. The molecule has 30 rings (SSSR count). The molecule has 4 aliphatic rings. The van der Waals surface area contributed by atoms with Crippen LogP contribution in [0.25, 0.3) is 312 Å². The number of benzene rings is 17. The van der Waals surface area contributed by atoms with E-state index in [9.17, 15) is 0 Å². The highest BCUT2D eigenvalue weighted by atomic mass is 16.3. The summed E-state index contributed by atoms with van der Waals surface area (Å²) in [6, 6.07) is 151. The van der Waals surface area contributed by atoms with Gasteiger partial charge in [0, 0.05) is 120 Å². The Morgan fingerprint density at radius 1 is 0.184 bits per heavy atom. The Morgan fingerprint density at radius 2 is 0.539 bits per heavy atom. The lowest BCUT2D eigenvalue weighted by Gasteiger charge is -2.24. The second-order valence-electron chi connectivity index (χ2n) is 37.0. The lowest BCUT2D eigenvalue weighted by molar-refractivity contribution is 0.653. The number of aromatic nitrogens is 10. The molecule has 0 saturated carbocycles. The van der Waals surface area contributed by atoms with Gasteiger partial charge in [-0.25, -0.2) is 15.0 Å². The molecule has 26 aromatic rings. The Labute approximate surface area is 809 Å². The Kier molecular flexibility index (Phi) is 17.0. The molecule has 650 valence electrons. The van der Waals surface area contributed by atoms with Gasteiger partial charge in [-0.2, -0.15) is 4.98 Å². The summed E-state index contributed by atoms with van der Waals surface area (Å²) >= 11 is 0. The first-order chi connectivity index (χ1) is 69.9. The van der Waals surface area contributed by atoms with Gasteiger partial charge in [0.15, 0.2) is 5.82 Å². The summed E-state index contributed by atoms with van der Waals surface area (Å²) in [5, 5.41) is 6.33. The van der Waals surface area contributed by atoms with Crippen LogP contribution in [0.15, 0.2) is 454 Å². The van der Waals surface area contributed by atoms with Crippen molar-refractivity contribution in [2.75, 3.05) is 0 Å². The third kappa shape index (κ3) is 12.0. The van der Waals surface area contributed by atoms with Crippen LogP contribution in [0, 0.1) is 0 Å². The first-order valence-corrected chi connectivity index (χ1v) is 47.8. The normalized spacial score (nSPS) is 12.1. The van der Waals surface area contributed by atoms with Gasteiger partial charge in [0.25, 0.3) is 0 Å². The fraction of sp³-hybridized carbons (Fsp3) is 0. The summed E-state index contributed by atoms with van der Waals surface area (Å²) in [5.41, 5.74) is 50.6. The number of rotatable bonds is 7. The Morgan fingerprint density at radius 3 is 1.11 bits per heavy atom. The number of pyridine rings is 4. The van der Waals surface area contributed by atoms with E-state index in [2.05, 4.69) is 385 Å². The molecule has 0 atom stereocenters.